The first-order valence-electron chi connectivity index (χ1n) is 11.0. The highest BCUT2D eigenvalue weighted by molar-refractivity contribution is 7.99. The van der Waals surface area contributed by atoms with Crippen molar-refractivity contribution in [3.05, 3.63) is 0 Å². The van der Waals surface area contributed by atoms with Crippen molar-refractivity contribution >= 4 is 34.7 Å². The average molecular weight is 450 g/mol. The first-order chi connectivity index (χ1) is 14.8. The Morgan fingerprint density at radius 1 is 1.26 bits per heavy atom. The SMILES string of the molecule is CCCCNc1nc(SCCC)nc2c1nnn2C1CC(C(N)=O)C2OC(C)(C)OC21. The van der Waals surface area contributed by atoms with E-state index < -0.39 is 17.8 Å². The molecule has 0 spiro atoms. The highest BCUT2D eigenvalue weighted by Crippen LogP contribution is 2.47. The summed E-state index contributed by atoms with van der Waals surface area (Å²) < 4.78 is 13.9. The van der Waals surface area contributed by atoms with Crippen LogP contribution in [0, 0.1) is 5.92 Å². The predicted molar refractivity (Wildman–Crippen MR) is 118 cm³/mol. The lowest BCUT2D eigenvalue weighted by Gasteiger charge is -2.22. The Hall–Kier alpha value is -1.98. The maximum atomic E-state index is 12.1. The Balaban J connectivity index is 1.73. The number of primary amides is 1. The third kappa shape index (κ3) is 4.35. The molecule has 2 aromatic rings. The second-order valence-corrected chi connectivity index (χ2v) is 9.63. The summed E-state index contributed by atoms with van der Waals surface area (Å²) in [6.07, 6.45) is 2.85. The minimum absolute atomic E-state index is 0.253. The fourth-order valence-corrected chi connectivity index (χ4v) is 4.96. The smallest absolute Gasteiger partial charge is 0.223 e. The Labute approximate surface area is 186 Å². The van der Waals surface area contributed by atoms with Crippen molar-refractivity contribution in [2.24, 2.45) is 11.7 Å². The van der Waals surface area contributed by atoms with Crippen molar-refractivity contribution < 1.29 is 14.3 Å². The summed E-state index contributed by atoms with van der Waals surface area (Å²) in [5.41, 5.74) is 6.94. The van der Waals surface area contributed by atoms with Crippen molar-refractivity contribution in [3.8, 4) is 0 Å². The molecule has 1 saturated heterocycles. The number of carbonyl (C=O) groups is 1. The molecular formula is C20H31N7O3S. The Morgan fingerprint density at radius 3 is 2.74 bits per heavy atom. The van der Waals surface area contributed by atoms with Gasteiger partial charge in [-0.2, -0.15) is 0 Å². The quantitative estimate of drug-likeness (QED) is 0.337. The van der Waals surface area contributed by atoms with E-state index in [4.69, 9.17) is 20.2 Å². The maximum absolute atomic E-state index is 12.1. The average Bonchev–Trinajstić information content (AvgIpc) is 3.36. The van der Waals surface area contributed by atoms with Gasteiger partial charge in [0.25, 0.3) is 0 Å². The van der Waals surface area contributed by atoms with Crippen LogP contribution >= 0.6 is 11.8 Å². The minimum atomic E-state index is -0.790. The third-order valence-corrected chi connectivity index (χ3v) is 6.73. The third-order valence-electron chi connectivity index (χ3n) is 5.68. The molecule has 31 heavy (non-hydrogen) atoms. The molecule has 1 saturated carbocycles. The molecule has 1 aliphatic heterocycles. The number of hydrogen-bond acceptors (Lipinski definition) is 9. The zero-order valence-electron chi connectivity index (χ0n) is 18.5. The minimum Gasteiger partial charge on any atom is -0.369 e. The van der Waals surface area contributed by atoms with Crippen LogP contribution in [0.25, 0.3) is 11.2 Å². The fourth-order valence-electron chi connectivity index (χ4n) is 4.27. The monoisotopic (exact) mass is 449 g/mol. The van der Waals surface area contributed by atoms with Crippen molar-refractivity contribution in [1.29, 1.82) is 0 Å². The number of rotatable bonds is 9. The van der Waals surface area contributed by atoms with Gasteiger partial charge in [-0.3, -0.25) is 4.79 Å². The van der Waals surface area contributed by atoms with Gasteiger partial charge >= 0.3 is 0 Å². The molecule has 3 N–H and O–H groups in total. The Bertz CT molecular complexity index is 950. The largest absolute Gasteiger partial charge is 0.369 e. The summed E-state index contributed by atoms with van der Waals surface area (Å²) in [7, 11) is 0. The molecule has 4 rings (SSSR count). The van der Waals surface area contributed by atoms with E-state index in [-0.39, 0.29) is 18.1 Å². The molecule has 0 bridgehead atoms. The van der Waals surface area contributed by atoms with Crippen LogP contribution in [-0.4, -0.2) is 61.2 Å². The van der Waals surface area contributed by atoms with Gasteiger partial charge in [-0.05, 0) is 33.1 Å². The molecule has 1 aliphatic carbocycles. The number of fused-ring (bicyclic) bond motifs is 2. The zero-order valence-corrected chi connectivity index (χ0v) is 19.3. The van der Waals surface area contributed by atoms with E-state index in [9.17, 15) is 4.79 Å². The first kappa shape index (κ1) is 22.2. The lowest BCUT2D eigenvalue weighted by Crippen LogP contribution is -2.34. The van der Waals surface area contributed by atoms with Crippen LogP contribution in [0.3, 0.4) is 0 Å². The number of carbonyl (C=O) groups excluding carboxylic acids is 1. The predicted octanol–water partition coefficient (Wildman–Crippen LogP) is 2.50. The lowest BCUT2D eigenvalue weighted by molar-refractivity contribution is -0.162. The number of thioether (sulfide) groups is 1. The summed E-state index contributed by atoms with van der Waals surface area (Å²) in [5, 5.41) is 12.9. The number of amides is 1. The van der Waals surface area contributed by atoms with Gasteiger partial charge in [-0.25, -0.2) is 14.6 Å². The fraction of sp³-hybridized carbons (Fsp3) is 0.750. The van der Waals surface area contributed by atoms with Crippen LogP contribution in [0.4, 0.5) is 5.82 Å². The van der Waals surface area contributed by atoms with Crippen LogP contribution in [0.2, 0.25) is 0 Å². The van der Waals surface area contributed by atoms with E-state index >= 15 is 0 Å². The zero-order chi connectivity index (χ0) is 22.2. The van der Waals surface area contributed by atoms with Gasteiger partial charge in [0.15, 0.2) is 27.9 Å². The second kappa shape index (κ2) is 8.87. The summed E-state index contributed by atoms with van der Waals surface area (Å²) in [4.78, 5) is 21.6. The summed E-state index contributed by atoms with van der Waals surface area (Å²) in [5.74, 6) is -0.0202. The number of aromatic nitrogens is 5. The van der Waals surface area contributed by atoms with E-state index in [1.165, 1.54) is 0 Å². The van der Waals surface area contributed by atoms with E-state index in [2.05, 4.69) is 34.5 Å². The van der Waals surface area contributed by atoms with Crippen LogP contribution in [-0.2, 0) is 14.3 Å². The van der Waals surface area contributed by atoms with Gasteiger partial charge in [0.1, 0.15) is 12.2 Å². The van der Waals surface area contributed by atoms with Gasteiger partial charge in [0.05, 0.1) is 12.0 Å². The molecule has 170 valence electrons. The molecule has 2 fully saturated rings. The van der Waals surface area contributed by atoms with E-state index in [0.29, 0.717) is 28.6 Å². The number of ether oxygens (including phenoxy) is 2. The number of anilines is 1. The van der Waals surface area contributed by atoms with Crippen molar-refractivity contribution in [3.63, 3.8) is 0 Å². The van der Waals surface area contributed by atoms with Gasteiger partial charge < -0.3 is 20.5 Å². The molecule has 2 aromatic heterocycles. The molecule has 11 heteroatoms. The van der Waals surface area contributed by atoms with Gasteiger partial charge in [0, 0.05) is 12.3 Å². The number of nitrogens with zero attached hydrogens (tertiary/aromatic N) is 5. The molecule has 1 amide bonds. The highest BCUT2D eigenvalue weighted by atomic mass is 32.2. The van der Waals surface area contributed by atoms with Crippen LogP contribution in [0.5, 0.6) is 0 Å². The van der Waals surface area contributed by atoms with E-state index in [0.717, 1.165) is 31.6 Å². The summed E-state index contributed by atoms with van der Waals surface area (Å²) >= 11 is 1.61. The van der Waals surface area contributed by atoms with Gasteiger partial charge in [-0.15, -0.1) is 5.10 Å². The van der Waals surface area contributed by atoms with E-state index in [1.54, 1.807) is 16.4 Å². The molecule has 4 unspecified atom stereocenters. The molecule has 2 aliphatic rings. The van der Waals surface area contributed by atoms with Crippen LogP contribution in [0.1, 0.15) is 59.4 Å². The first-order valence-corrected chi connectivity index (χ1v) is 12.0. The van der Waals surface area contributed by atoms with Crippen molar-refractivity contribution in [2.45, 2.75) is 82.6 Å². The highest BCUT2D eigenvalue weighted by Gasteiger charge is 2.57. The topological polar surface area (TPSA) is 130 Å². The van der Waals surface area contributed by atoms with Gasteiger partial charge in [0.2, 0.25) is 5.91 Å². The molecule has 10 nitrogen and oxygen atoms in total. The standard InChI is InChI=1S/C20H31N7O3S/c1-5-7-8-22-17-13-18(24-19(23-17)31-9-6-2)27(26-25-13)12-10-11(16(21)28)14-15(12)30-20(3,4)29-14/h11-12,14-15H,5-10H2,1-4H3,(H2,21,28)(H,22,23,24). The summed E-state index contributed by atoms with van der Waals surface area (Å²) in [6, 6.07) is -0.253. The summed E-state index contributed by atoms with van der Waals surface area (Å²) in [6.45, 7) is 8.76. The molecule has 3 heterocycles. The lowest BCUT2D eigenvalue weighted by atomic mass is 10.1. The molecule has 0 aromatic carbocycles. The normalized spacial score (nSPS) is 27.0. The number of nitrogens with two attached hydrogens (primary N) is 1. The van der Waals surface area contributed by atoms with Crippen molar-refractivity contribution in [2.75, 3.05) is 17.6 Å². The molecule has 4 atom stereocenters. The van der Waals surface area contributed by atoms with Crippen LogP contribution < -0.4 is 11.1 Å². The van der Waals surface area contributed by atoms with Gasteiger partial charge in [-0.1, -0.05) is 37.2 Å². The van der Waals surface area contributed by atoms with Crippen molar-refractivity contribution in [1.82, 2.24) is 25.0 Å². The van der Waals surface area contributed by atoms with Crippen LogP contribution in [0.15, 0.2) is 5.16 Å². The Morgan fingerprint density at radius 2 is 2.03 bits per heavy atom. The molecular weight excluding hydrogens is 418 g/mol. The number of hydrogen-bond donors (Lipinski definition) is 2. The second-order valence-electron chi connectivity index (χ2n) is 8.57. The molecule has 0 radical (unpaired) electrons. The number of unbranched alkanes of at least 4 members (excludes halogenated alkanes) is 1. The Kier molecular flexibility index (Phi) is 6.36. The maximum Gasteiger partial charge on any atom is 0.223 e. The van der Waals surface area contributed by atoms with E-state index in [1.807, 2.05) is 13.8 Å². The number of nitrogens with one attached hydrogen (secondary N) is 1.